The van der Waals surface area contributed by atoms with Crippen LogP contribution >= 0.6 is 0 Å². The molecule has 1 aliphatic rings. The summed E-state index contributed by atoms with van der Waals surface area (Å²) in [4.78, 5) is 12.7. The molecule has 0 radical (unpaired) electrons. The summed E-state index contributed by atoms with van der Waals surface area (Å²) in [5.41, 5.74) is 1.96. The molecule has 0 unspecified atom stereocenters. The quantitative estimate of drug-likeness (QED) is 0.857. The summed E-state index contributed by atoms with van der Waals surface area (Å²) in [5, 5.41) is 14.7. The number of allylic oxidation sites excluding steroid dienone is 1. The Morgan fingerprint density at radius 2 is 2.17 bits per heavy atom. The summed E-state index contributed by atoms with van der Waals surface area (Å²) in [5.74, 6) is 0.764. The van der Waals surface area contributed by atoms with Crippen LogP contribution in [0.3, 0.4) is 0 Å². The maximum atomic E-state index is 12.7. The van der Waals surface area contributed by atoms with E-state index in [0.717, 1.165) is 5.56 Å². The summed E-state index contributed by atoms with van der Waals surface area (Å²) in [6.07, 6.45) is -0.223. The lowest BCUT2D eigenvalue weighted by Crippen LogP contribution is -2.30. The van der Waals surface area contributed by atoms with Crippen LogP contribution in [0.15, 0.2) is 35.5 Å². The average Bonchev–Trinajstić information content (AvgIpc) is 3.00. The van der Waals surface area contributed by atoms with Gasteiger partial charge in [-0.2, -0.15) is 4.68 Å². The van der Waals surface area contributed by atoms with Gasteiger partial charge in [-0.15, -0.1) is 0 Å². The zero-order valence-electron chi connectivity index (χ0n) is 14.0. The molecule has 1 N–H and O–H groups in total. The second kappa shape index (κ2) is 6.31. The van der Waals surface area contributed by atoms with E-state index in [4.69, 9.17) is 9.47 Å². The van der Waals surface area contributed by atoms with Gasteiger partial charge in [0.25, 0.3) is 0 Å². The predicted octanol–water partition coefficient (Wildman–Crippen LogP) is 1.92. The summed E-state index contributed by atoms with van der Waals surface area (Å²) in [7, 11) is 1.60. The van der Waals surface area contributed by atoms with Gasteiger partial charge in [-0.1, -0.05) is 17.2 Å². The molecule has 1 aliphatic heterocycles. The number of ether oxygens (including phenoxy) is 2. The molecule has 8 nitrogen and oxygen atoms in total. The molecule has 24 heavy (non-hydrogen) atoms. The van der Waals surface area contributed by atoms with Crippen molar-refractivity contribution in [3.8, 4) is 5.75 Å². The first kappa shape index (κ1) is 16.0. The van der Waals surface area contributed by atoms with Crippen molar-refractivity contribution in [3.05, 3.63) is 41.1 Å². The van der Waals surface area contributed by atoms with E-state index < -0.39 is 12.0 Å². The van der Waals surface area contributed by atoms with Gasteiger partial charge in [-0.05, 0) is 48.9 Å². The van der Waals surface area contributed by atoms with Crippen LogP contribution in [0.1, 0.15) is 32.4 Å². The Hall–Kier alpha value is -2.90. The molecule has 0 amide bonds. The van der Waals surface area contributed by atoms with Crippen LogP contribution in [0.2, 0.25) is 0 Å². The van der Waals surface area contributed by atoms with Gasteiger partial charge < -0.3 is 14.8 Å². The monoisotopic (exact) mass is 329 g/mol. The minimum Gasteiger partial charge on any atom is -0.497 e. The number of hydrogen-bond donors (Lipinski definition) is 1. The fraction of sp³-hybridized carbons (Fsp3) is 0.375. The van der Waals surface area contributed by atoms with Crippen molar-refractivity contribution in [3.63, 3.8) is 0 Å². The molecule has 0 fully saturated rings. The molecule has 8 heteroatoms. The highest BCUT2D eigenvalue weighted by molar-refractivity contribution is 5.92. The Labute approximate surface area is 139 Å². The molecule has 2 aromatic rings. The highest BCUT2D eigenvalue weighted by Crippen LogP contribution is 2.36. The smallest absolute Gasteiger partial charge is 0.338 e. The molecule has 1 aromatic heterocycles. The van der Waals surface area contributed by atoms with Crippen LogP contribution in [0.25, 0.3) is 0 Å². The van der Waals surface area contributed by atoms with E-state index in [0.29, 0.717) is 23.0 Å². The molecular weight excluding hydrogens is 310 g/mol. The Bertz CT molecular complexity index is 797. The number of hydrogen-bond acceptors (Lipinski definition) is 7. The summed E-state index contributed by atoms with van der Waals surface area (Å²) < 4.78 is 12.3. The summed E-state index contributed by atoms with van der Waals surface area (Å²) in [6.45, 7) is 5.43. The van der Waals surface area contributed by atoms with Crippen molar-refractivity contribution in [2.45, 2.75) is 32.9 Å². The fourth-order valence-corrected chi connectivity index (χ4v) is 2.67. The number of carbonyl (C=O) groups excluding carboxylic acids is 1. The molecule has 3 rings (SSSR count). The molecule has 1 atom stereocenters. The van der Waals surface area contributed by atoms with Gasteiger partial charge in [0, 0.05) is 5.70 Å². The number of nitrogens with zero attached hydrogens (tertiary/aromatic N) is 4. The SMILES string of the molecule is COc1cccc([C@H]2C(C(=O)OC(C)C)=C(C)Nc3nnnn32)c1. The summed E-state index contributed by atoms with van der Waals surface area (Å²) in [6, 6.07) is 6.98. The number of anilines is 1. The largest absolute Gasteiger partial charge is 0.497 e. The van der Waals surface area contributed by atoms with Gasteiger partial charge in [0.2, 0.25) is 5.95 Å². The van der Waals surface area contributed by atoms with Crippen LogP contribution in [0.5, 0.6) is 5.75 Å². The van der Waals surface area contributed by atoms with E-state index in [9.17, 15) is 4.79 Å². The van der Waals surface area contributed by atoms with Crippen LogP contribution in [-0.2, 0) is 9.53 Å². The maximum Gasteiger partial charge on any atom is 0.338 e. The predicted molar refractivity (Wildman–Crippen MR) is 86.5 cm³/mol. The first-order valence-electron chi connectivity index (χ1n) is 7.62. The zero-order chi connectivity index (χ0) is 17.3. The number of nitrogens with one attached hydrogen (secondary N) is 1. The van der Waals surface area contributed by atoms with Gasteiger partial charge in [-0.3, -0.25) is 0 Å². The number of fused-ring (bicyclic) bond motifs is 1. The molecule has 126 valence electrons. The molecule has 2 heterocycles. The third-order valence-electron chi connectivity index (χ3n) is 3.69. The average molecular weight is 329 g/mol. The summed E-state index contributed by atoms with van der Waals surface area (Å²) >= 11 is 0. The Balaban J connectivity index is 2.12. The van der Waals surface area contributed by atoms with Crippen molar-refractivity contribution in [1.29, 1.82) is 0 Å². The number of esters is 1. The number of methoxy groups -OCH3 is 1. The third-order valence-corrected chi connectivity index (χ3v) is 3.69. The highest BCUT2D eigenvalue weighted by Gasteiger charge is 2.35. The van der Waals surface area contributed by atoms with E-state index in [1.807, 2.05) is 45.0 Å². The third kappa shape index (κ3) is 2.82. The molecule has 0 saturated heterocycles. The normalized spacial score (nSPS) is 16.6. The van der Waals surface area contributed by atoms with Gasteiger partial charge in [-0.25, -0.2) is 4.79 Å². The van der Waals surface area contributed by atoms with Crippen LogP contribution in [0.4, 0.5) is 5.95 Å². The van der Waals surface area contributed by atoms with Crippen molar-refractivity contribution in [2.24, 2.45) is 0 Å². The van der Waals surface area contributed by atoms with Crippen molar-refractivity contribution < 1.29 is 14.3 Å². The Kier molecular flexibility index (Phi) is 4.20. The van der Waals surface area contributed by atoms with Crippen LogP contribution in [0, 0.1) is 0 Å². The number of tetrazole rings is 1. The van der Waals surface area contributed by atoms with Crippen molar-refractivity contribution >= 4 is 11.9 Å². The second-order valence-electron chi connectivity index (χ2n) is 5.74. The zero-order valence-corrected chi connectivity index (χ0v) is 14.0. The van der Waals surface area contributed by atoms with Crippen molar-refractivity contribution in [2.75, 3.05) is 12.4 Å². The molecule has 1 aromatic carbocycles. The van der Waals surface area contributed by atoms with E-state index >= 15 is 0 Å². The fourth-order valence-electron chi connectivity index (χ4n) is 2.67. The van der Waals surface area contributed by atoms with E-state index in [2.05, 4.69) is 20.8 Å². The maximum absolute atomic E-state index is 12.7. The lowest BCUT2D eigenvalue weighted by atomic mass is 9.95. The number of benzene rings is 1. The van der Waals surface area contributed by atoms with Gasteiger partial charge in [0.15, 0.2) is 0 Å². The first-order chi connectivity index (χ1) is 11.5. The molecular formula is C16H19N5O3. The lowest BCUT2D eigenvalue weighted by Gasteiger charge is -2.28. The number of carbonyl (C=O) groups is 1. The molecule has 0 aliphatic carbocycles. The lowest BCUT2D eigenvalue weighted by molar-refractivity contribution is -0.143. The second-order valence-corrected chi connectivity index (χ2v) is 5.74. The van der Waals surface area contributed by atoms with E-state index in [1.165, 1.54) is 0 Å². The van der Waals surface area contributed by atoms with Gasteiger partial charge >= 0.3 is 5.97 Å². The number of rotatable bonds is 4. The van der Waals surface area contributed by atoms with Gasteiger partial charge in [0.05, 0.1) is 18.8 Å². The minimum atomic E-state index is -0.488. The molecule has 0 saturated carbocycles. The Morgan fingerprint density at radius 1 is 1.38 bits per heavy atom. The van der Waals surface area contributed by atoms with Crippen LogP contribution in [-0.4, -0.2) is 39.4 Å². The standard InChI is InChI=1S/C16H19N5O3/c1-9(2)24-15(22)13-10(3)17-16-18-19-20-21(16)14(13)11-6-5-7-12(8-11)23-4/h5-9,14H,1-4H3,(H,17,18,20)/t14-/m0/s1. The molecule has 0 bridgehead atoms. The highest BCUT2D eigenvalue weighted by atomic mass is 16.5. The van der Waals surface area contributed by atoms with Crippen LogP contribution < -0.4 is 10.1 Å². The number of aromatic nitrogens is 4. The van der Waals surface area contributed by atoms with Gasteiger partial charge in [0.1, 0.15) is 11.8 Å². The molecule has 0 spiro atoms. The first-order valence-corrected chi connectivity index (χ1v) is 7.62. The topological polar surface area (TPSA) is 91.2 Å². The van der Waals surface area contributed by atoms with Crippen molar-refractivity contribution in [1.82, 2.24) is 20.2 Å². The Morgan fingerprint density at radius 3 is 2.88 bits per heavy atom. The van der Waals surface area contributed by atoms with E-state index in [1.54, 1.807) is 11.8 Å². The van der Waals surface area contributed by atoms with E-state index in [-0.39, 0.29) is 6.10 Å². The minimum absolute atomic E-state index is 0.223.